The van der Waals surface area contributed by atoms with Gasteiger partial charge >= 0.3 is 0 Å². The van der Waals surface area contributed by atoms with Gasteiger partial charge in [0.1, 0.15) is 11.5 Å². The lowest BCUT2D eigenvalue weighted by molar-refractivity contribution is -0.113. The monoisotopic (exact) mass is 460 g/mol. The van der Waals surface area contributed by atoms with E-state index >= 15 is 0 Å². The number of amides is 1. The second kappa shape index (κ2) is 10.2. The molecule has 3 aromatic carbocycles. The highest BCUT2D eigenvalue weighted by Crippen LogP contribution is 2.29. The molecule has 4 rings (SSSR count). The lowest BCUT2D eigenvalue weighted by Gasteiger charge is -2.11. The van der Waals surface area contributed by atoms with Crippen LogP contribution in [0.5, 0.6) is 11.5 Å². The first kappa shape index (κ1) is 22.4. The normalized spacial score (nSPS) is 10.6. The summed E-state index contributed by atoms with van der Waals surface area (Å²) >= 11 is 1.32. The van der Waals surface area contributed by atoms with Crippen molar-refractivity contribution >= 4 is 23.4 Å². The first-order valence-corrected chi connectivity index (χ1v) is 11.3. The van der Waals surface area contributed by atoms with Crippen LogP contribution in [-0.4, -0.2) is 40.6 Å². The molecule has 8 heteroatoms. The Morgan fingerprint density at radius 1 is 0.939 bits per heavy atom. The van der Waals surface area contributed by atoms with E-state index in [1.807, 2.05) is 66.1 Å². The van der Waals surface area contributed by atoms with Crippen molar-refractivity contribution in [2.75, 3.05) is 25.3 Å². The standard InChI is InChI=1S/C25H24N4O3S/c1-17-9-11-18(12-10-17)24-27-28-25(29(24)20-7-5-4-6-8-20)33-16-23(30)26-19-13-21(31-2)15-22(14-19)32-3/h4-15H,16H2,1-3H3,(H,26,30). The number of ether oxygens (including phenoxy) is 2. The fourth-order valence-electron chi connectivity index (χ4n) is 3.27. The Bertz CT molecular complexity index is 1220. The molecular formula is C25H24N4O3S. The molecule has 0 unspecified atom stereocenters. The minimum Gasteiger partial charge on any atom is -0.497 e. The van der Waals surface area contributed by atoms with Gasteiger partial charge in [0.05, 0.1) is 20.0 Å². The first-order valence-electron chi connectivity index (χ1n) is 10.3. The molecule has 0 aliphatic heterocycles. The van der Waals surface area contributed by atoms with Gasteiger partial charge in [-0.05, 0) is 19.1 Å². The van der Waals surface area contributed by atoms with Crippen molar-refractivity contribution in [1.29, 1.82) is 0 Å². The number of aryl methyl sites for hydroxylation is 1. The van der Waals surface area contributed by atoms with E-state index in [1.165, 1.54) is 17.3 Å². The molecule has 0 atom stereocenters. The molecule has 4 aromatic rings. The molecule has 0 aliphatic rings. The van der Waals surface area contributed by atoms with E-state index in [2.05, 4.69) is 15.5 Å². The summed E-state index contributed by atoms with van der Waals surface area (Å²) in [4.78, 5) is 12.7. The lowest BCUT2D eigenvalue weighted by Crippen LogP contribution is -2.14. The van der Waals surface area contributed by atoms with Crippen molar-refractivity contribution in [3.63, 3.8) is 0 Å². The third kappa shape index (κ3) is 5.35. The summed E-state index contributed by atoms with van der Waals surface area (Å²) in [6, 6.07) is 23.2. The van der Waals surface area contributed by atoms with Gasteiger partial charge in [0.25, 0.3) is 0 Å². The van der Waals surface area contributed by atoms with E-state index in [4.69, 9.17) is 9.47 Å². The van der Waals surface area contributed by atoms with Crippen LogP contribution in [-0.2, 0) is 4.79 Å². The molecule has 0 radical (unpaired) electrons. The van der Waals surface area contributed by atoms with Gasteiger partial charge in [0, 0.05) is 35.1 Å². The van der Waals surface area contributed by atoms with Crippen LogP contribution in [0.3, 0.4) is 0 Å². The Kier molecular flexibility index (Phi) is 6.95. The molecule has 0 spiro atoms. The van der Waals surface area contributed by atoms with Crippen molar-refractivity contribution in [3.8, 4) is 28.6 Å². The number of rotatable bonds is 8. The van der Waals surface area contributed by atoms with Crippen LogP contribution < -0.4 is 14.8 Å². The van der Waals surface area contributed by atoms with E-state index in [0.717, 1.165) is 17.1 Å². The second-order valence-corrected chi connectivity index (χ2v) is 8.22. The molecule has 7 nitrogen and oxygen atoms in total. The molecule has 0 aliphatic carbocycles. The van der Waals surface area contributed by atoms with E-state index in [1.54, 1.807) is 32.4 Å². The first-order chi connectivity index (χ1) is 16.1. The van der Waals surface area contributed by atoms with Crippen molar-refractivity contribution in [3.05, 3.63) is 78.4 Å². The molecular weight excluding hydrogens is 436 g/mol. The molecule has 0 saturated carbocycles. The number of methoxy groups -OCH3 is 2. The number of nitrogens with zero attached hydrogens (tertiary/aromatic N) is 3. The molecule has 33 heavy (non-hydrogen) atoms. The zero-order valence-corrected chi connectivity index (χ0v) is 19.4. The van der Waals surface area contributed by atoms with Gasteiger partial charge in [-0.15, -0.1) is 10.2 Å². The van der Waals surface area contributed by atoms with E-state index in [-0.39, 0.29) is 11.7 Å². The summed E-state index contributed by atoms with van der Waals surface area (Å²) in [5.41, 5.74) is 3.65. The summed E-state index contributed by atoms with van der Waals surface area (Å²) in [6.07, 6.45) is 0. The molecule has 168 valence electrons. The zero-order valence-electron chi connectivity index (χ0n) is 18.6. The predicted molar refractivity (Wildman–Crippen MR) is 130 cm³/mol. The summed E-state index contributed by atoms with van der Waals surface area (Å²) < 4.78 is 12.5. The third-order valence-electron chi connectivity index (χ3n) is 4.93. The van der Waals surface area contributed by atoms with E-state index in [0.29, 0.717) is 22.3 Å². The molecule has 0 saturated heterocycles. The summed E-state index contributed by atoms with van der Waals surface area (Å²) in [5, 5.41) is 12.3. The maximum absolute atomic E-state index is 12.7. The van der Waals surface area contributed by atoms with Gasteiger partial charge in [0.15, 0.2) is 11.0 Å². The van der Waals surface area contributed by atoms with Gasteiger partial charge in [-0.1, -0.05) is 59.8 Å². The number of benzene rings is 3. The predicted octanol–water partition coefficient (Wildman–Crippen LogP) is 4.99. The smallest absolute Gasteiger partial charge is 0.234 e. The number of nitrogens with one attached hydrogen (secondary N) is 1. The molecule has 1 amide bonds. The van der Waals surface area contributed by atoms with Crippen molar-refractivity contribution in [1.82, 2.24) is 14.8 Å². The summed E-state index contributed by atoms with van der Waals surface area (Å²) in [5.74, 6) is 1.92. The summed E-state index contributed by atoms with van der Waals surface area (Å²) in [7, 11) is 3.14. The minimum atomic E-state index is -0.171. The average molecular weight is 461 g/mol. The van der Waals surface area contributed by atoms with Crippen LogP contribution in [0.25, 0.3) is 17.1 Å². The number of para-hydroxylation sites is 1. The highest BCUT2D eigenvalue weighted by Gasteiger charge is 2.17. The van der Waals surface area contributed by atoms with Crippen LogP contribution in [0.15, 0.2) is 78.0 Å². The molecule has 0 bridgehead atoms. The van der Waals surface area contributed by atoms with Gasteiger partial charge in [-0.3, -0.25) is 9.36 Å². The Morgan fingerprint density at radius 2 is 1.61 bits per heavy atom. The Balaban J connectivity index is 1.56. The van der Waals surface area contributed by atoms with E-state index in [9.17, 15) is 4.79 Å². The second-order valence-electron chi connectivity index (χ2n) is 7.28. The van der Waals surface area contributed by atoms with Crippen LogP contribution >= 0.6 is 11.8 Å². The maximum atomic E-state index is 12.7. The van der Waals surface area contributed by atoms with Crippen LogP contribution in [0.2, 0.25) is 0 Å². The molecule has 1 N–H and O–H groups in total. The molecule has 1 aromatic heterocycles. The Labute approximate surface area is 196 Å². The average Bonchev–Trinajstić information content (AvgIpc) is 3.27. The minimum absolute atomic E-state index is 0.165. The fraction of sp³-hybridized carbons (Fsp3) is 0.160. The molecule has 1 heterocycles. The number of hydrogen-bond acceptors (Lipinski definition) is 6. The lowest BCUT2D eigenvalue weighted by atomic mass is 10.1. The largest absolute Gasteiger partial charge is 0.497 e. The number of anilines is 1. The van der Waals surface area contributed by atoms with Gasteiger partial charge in [-0.25, -0.2) is 0 Å². The van der Waals surface area contributed by atoms with Gasteiger partial charge in [-0.2, -0.15) is 0 Å². The van der Waals surface area contributed by atoms with Crippen LogP contribution in [0.1, 0.15) is 5.56 Å². The Morgan fingerprint density at radius 3 is 2.24 bits per heavy atom. The number of carbonyl (C=O) groups excluding carboxylic acids is 1. The van der Waals surface area contributed by atoms with Gasteiger partial charge < -0.3 is 14.8 Å². The number of thioether (sulfide) groups is 1. The topological polar surface area (TPSA) is 78.3 Å². The highest BCUT2D eigenvalue weighted by molar-refractivity contribution is 7.99. The maximum Gasteiger partial charge on any atom is 0.234 e. The Hall–Kier alpha value is -3.78. The SMILES string of the molecule is COc1cc(NC(=O)CSc2nnc(-c3ccc(C)cc3)n2-c2ccccc2)cc(OC)c1. The number of aromatic nitrogens is 3. The van der Waals surface area contributed by atoms with Crippen LogP contribution in [0, 0.1) is 6.92 Å². The number of carbonyl (C=O) groups is 1. The summed E-state index contributed by atoms with van der Waals surface area (Å²) in [6.45, 7) is 2.05. The molecule has 0 fully saturated rings. The quantitative estimate of drug-likeness (QED) is 0.373. The fourth-order valence-corrected chi connectivity index (χ4v) is 4.02. The van der Waals surface area contributed by atoms with Gasteiger partial charge in [0.2, 0.25) is 5.91 Å². The van der Waals surface area contributed by atoms with E-state index < -0.39 is 0 Å². The van der Waals surface area contributed by atoms with Crippen molar-refractivity contribution in [2.45, 2.75) is 12.1 Å². The third-order valence-corrected chi connectivity index (χ3v) is 5.85. The van der Waals surface area contributed by atoms with Crippen LogP contribution in [0.4, 0.5) is 5.69 Å². The van der Waals surface area contributed by atoms with Crippen molar-refractivity contribution in [2.24, 2.45) is 0 Å². The number of hydrogen-bond donors (Lipinski definition) is 1. The van der Waals surface area contributed by atoms with Crippen molar-refractivity contribution < 1.29 is 14.3 Å². The zero-order chi connectivity index (χ0) is 23.2. The highest BCUT2D eigenvalue weighted by atomic mass is 32.2.